The van der Waals surface area contributed by atoms with E-state index in [1.54, 1.807) is 0 Å². The van der Waals surface area contributed by atoms with Crippen LogP contribution in [0.15, 0.2) is 30.5 Å². The molecule has 0 aliphatic heterocycles. The first-order valence-electron chi connectivity index (χ1n) is 7.79. The maximum absolute atomic E-state index is 6.53. The fourth-order valence-electron chi connectivity index (χ4n) is 3.72. The molecule has 0 unspecified atom stereocenters. The van der Waals surface area contributed by atoms with Crippen LogP contribution in [0.25, 0.3) is 32.8 Å². The molecule has 3 N–H and O–H groups in total. The number of nitrogens with zero attached hydrogens (tertiary/aromatic N) is 2. The van der Waals surface area contributed by atoms with Crippen LogP contribution >= 0.6 is 0 Å². The molecule has 4 heteroatoms. The van der Waals surface area contributed by atoms with E-state index in [2.05, 4.69) is 16.0 Å². The average Bonchev–Trinajstić information content (AvgIpc) is 2.93. The van der Waals surface area contributed by atoms with Crippen molar-refractivity contribution in [3.8, 4) is 0 Å². The number of nitrogens with two attached hydrogens (primary N) is 1. The van der Waals surface area contributed by atoms with Gasteiger partial charge in [-0.15, -0.1) is 0 Å². The second-order valence-corrected chi connectivity index (χ2v) is 6.08. The summed E-state index contributed by atoms with van der Waals surface area (Å²) in [6, 6.07) is 8.19. The first-order valence-corrected chi connectivity index (χ1v) is 7.79. The smallest absolute Gasteiger partial charge is 0.141 e. The molecule has 0 bridgehead atoms. The summed E-state index contributed by atoms with van der Waals surface area (Å²) in [6.45, 7) is 0. The predicted octanol–water partition coefficient (Wildman–Crippen LogP) is 3.73. The fraction of sp³-hybridized carbons (Fsp3) is 0.222. The van der Waals surface area contributed by atoms with Crippen LogP contribution in [0.4, 0.5) is 5.69 Å². The van der Waals surface area contributed by atoms with Crippen LogP contribution < -0.4 is 5.73 Å². The van der Waals surface area contributed by atoms with Gasteiger partial charge in [-0.05, 0) is 37.3 Å². The lowest BCUT2D eigenvalue weighted by Gasteiger charge is -2.19. The number of aromatic nitrogens is 3. The summed E-state index contributed by atoms with van der Waals surface area (Å²) in [6.07, 6.45) is 6.44. The number of nitrogens with one attached hydrogen (secondary N) is 1. The van der Waals surface area contributed by atoms with Crippen LogP contribution in [-0.2, 0) is 12.8 Å². The Balaban J connectivity index is 1.99. The summed E-state index contributed by atoms with van der Waals surface area (Å²) in [5.74, 6) is 0. The minimum Gasteiger partial charge on any atom is -0.398 e. The Hall–Kier alpha value is -2.62. The van der Waals surface area contributed by atoms with E-state index in [1.165, 1.54) is 24.1 Å². The second-order valence-electron chi connectivity index (χ2n) is 6.08. The van der Waals surface area contributed by atoms with Gasteiger partial charge in [-0.1, -0.05) is 18.2 Å². The normalized spacial score (nSPS) is 14.7. The van der Waals surface area contributed by atoms with Crippen LogP contribution in [0, 0.1) is 0 Å². The van der Waals surface area contributed by atoms with Crippen LogP contribution in [0.1, 0.15) is 24.1 Å². The molecule has 3 aromatic heterocycles. The minimum absolute atomic E-state index is 0.855. The van der Waals surface area contributed by atoms with Gasteiger partial charge in [0.25, 0.3) is 0 Å². The molecule has 1 aliphatic rings. The summed E-state index contributed by atoms with van der Waals surface area (Å²) in [5, 5.41) is 3.21. The predicted molar refractivity (Wildman–Crippen MR) is 90.0 cm³/mol. The van der Waals surface area contributed by atoms with E-state index in [1.807, 2.05) is 24.4 Å². The zero-order valence-corrected chi connectivity index (χ0v) is 12.2. The average molecular weight is 288 g/mol. The molecular formula is C18H16N4. The van der Waals surface area contributed by atoms with Crippen LogP contribution in [0.5, 0.6) is 0 Å². The van der Waals surface area contributed by atoms with Crippen molar-refractivity contribution in [1.29, 1.82) is 0 Å². The van der Waals surface area contributed by atoms with Crippen molar-refractivity contribution < 1.29 is 0 Å². The Morgan fingerprint density at radius 2 is 1.91 bits per heavy atom. The van der Waals surface area contributed by atoms with E-state index in [0.29, 0.717) is 0 Å². The highest BCUT2D eigenvalue weighted by Crippen LogP contribution is 2.36. The summed E-state index contributed by atoms with van der Waals surface area (Å²) < 4.78 is 0. The molecule has 22 heavy (non-hydrogen) atoms. The minimum atomic E-state index is 0.855. The van der Waals surface area contributed by atoms with E-state index in [-0.39, 0.29) is 0 Å². The zero-order chi connectivity index (χ0) is 14.7. The number of rotatable bonds is 0. The van der Waals surface area contributed by atoms with Gasteiger partial charge >= 0.3 is 0 Å². The molecule has 108 valence electrons. The van der Waals surface area contributed by atoms with Crippen molar-refractivity contribution in [3.05, 3.63) is 41.7 Å². The lowest BCUT2D eigenvalue weighted by atomic mass is 9.93. The number of fused-ring (bicyclic) bond motifs is 6. The Labute approximate surface area is 127 Å². The summed E-state index contributed by atoms with van der Waals surface area (Å²) >= 11 is 0. The third-order valence-corrected chi connectivity index (χ3v) is 4.81. The SMILES string of the molecule is Nc1c2c([nH]c3ncc4c5ccccc5nc4c13)CCCC2. The number of anilines is 1. The Kier molecular flexibility index (Phi) is 2.28. The van der Waals surface area contributed by atoms with Crippen molar-refractivity contribution in [3.63, 3.8) is 0 Å². The molecule has 4 nitrogen and oxygen atoms in total. The van der Waals surface area contributed by atoms with Crippen LogP contribution in [0.2, 0.25) is 0 Å². The Morgan fingerprint density at radius 3 is 2.86 bits per heavy atom. The maximum Gasteiger partial charge on any atom is 0.141 e. The number of para-hydroxylation sites is 1. The van der Waals surface area contributed by atoms with Gasteiger partial charge < -0.3 is 10.7 Å². The molecule has 3 heterocycles. The van der Waals surface area contributed by atoms with Gasteiger partial charge in [0.2, 0.25) is 0 Å². The second kappa shape index (κ2) is 4.19. The number of hydrogen-bond acceptors (Lipinski definition) is 3. The highest BCUT2D eigenvalue weighted by atomic mass is 14.9. The van der Waals surface area contributed by atoms with E-state index >= 15 is 0 Å². The van der Waals surface area contributed by atoms with Gasteiger partial charge in [0.1, 0.15) is 5.65 Å². The number of pyridine rings is 2. The Bertz CT molecular complexity index is 1050. The molecule has 0 atom stereocenters. The number of aryl methyl sites for hydroxylation is 1. The topological polar surface area (TPSA) is 67.6 Å². The number of nitrogen functional groups attached to an aromatic ring is 1. The molecule has 0 fully saturated rings. The number of H-pyrrole nitrogens is 1. The van der Waals surface area contributed by atoms with E-state index in [9.17, 15) is 0 Å². The lowest BCUT2D eigenvalue weighted by Crippen LogP contribution is -2.10. The molecule has 0 amide bonds. The number of benzene rings is 1. The molecule has 1 aromatic carbocycles. The molecule has 0 radical (unpaired) electrons. The van der Waals surface area contributed by atoms with Gasteiger partial charge in [-0.25, -0.2) is 9.97 Å². The van der Waals surface area contributed by atoms with Crippen LogP contribution in [-0.4, -0.2) is 15.0 Å². The monoisotopic (exact) mass is 288 g/mol. The molecule has 0 spiro atoms. The highest BCUT2D eigenvalue weighted by Gasteiger charge is 2.19. The standard InChI is InChI=1S/C18H16N4/c19-16-11-6-2-4-8-14(11)22-18-15(16)17-12(9-20-18)10-5-1-3-7-13(10)21-17/h1,3,5,7,9H,2,4,6,8H2,(H3,19,20,22). The largest absolute Gasteiger partial charge is 0.398 e. The number of hydrogen-bond donors (Lipinski definition) is 2. The van der Waals surface area contributed by atoms with Gasteiger partial charge in [0.15, 0.2) is 0 Å². The van der Waals surface area contributed by atoms with E-state index in [0.717, 1.165) is 51.4 Å². The zero-order valence-electron chi connectivity index (χ0n) is 12.2. The summed E-state index contributed by atoms with van der Waals surface area (Å²) in [7, 11) is 0. The molecular weight excluding hydrogens is 272 g/mol. The maximum atomic E-state index is 6.53. The molecule has 5 rings (SSSR count). The lowest BCUT2D eigenvalue weighted by molar-refractivity contribution is 0.672. The molecule has 0 saturated heterocycles. The van der Waals surface area contributed by atoms with Crippen molar-refractivity contribution in [2.24, 2.45) is 0 Å². The Morgan fingerprint density at radius 1 is 1.05 bits per heavy atom. The third kappa shape index (κ3) is 1.47. The number of aromatic amines is 1. The van der Waals surface area contributed by atoms with Crippen LogP contribution in [0.3, 0.4) is 0 Å². The molecule has 0 saturated carbocycles. The summed E-state index contributed by atoms with van der Waals surface area (Å²) in [5.41, 5.74) is 12.7. The van der Waals surface area contributed by atoms with Crippen molar-refractivity contribution in [1.82, 2.24) is 15.0 Å². The van der Waals surface area contributed by atoms with E-state index in [4.69, 9.17) is 10.7 Å². The van der Waals surface area contributed by atoms with E-state index < -0.39 is 0 Å². The fourth-order valence-corrected chi connectivity index (χ4v) is 3.72. The first-order chi connectivity index (χ1) is 10.8. The van der Waals surface area contributed by atoms with Gasteiger partial charge in [0.05, 0.1) is 16.4 Å². The summed E-state index contributed by atoms with van der Waals surface area (Å²) in [4.78, 5) is 12.9. The van der Waals surface area contributed by atoms with Gasteiger partial charge in [-0.3, -0.25) is 0 Å². The van der Waals surface area contributed by atoms with Crippen molar-refractivity contribution in [2.45, 2.75) is 25.7 Å². The van der Waals surface area contributed by atoms with Gasteiger partial charge in [0, 0.05) is 28.4 Å². The van der Waals surface area contributed by atoms with Crippen molar-refractivity contribution in [2.75, 3.05) is 5.73 Å². The highest BCUT2D eigenvalue weighted by molar-refractivity contribution is 6.18. The van der Waals surface area contributed by atoms with Gasteiger partial charge in [-0.2, -0.15) is 0 Å². The quantitative estimate of drug-likeness (QED) is 0.518. The molecule has 4 aromatic rings. The first kappa shape index (κ1) is 12.0. The molecule has 1 aliphatic carbocycles. The third-order valence-electron chi connectivity index (χ3n) is 4.81. The van der Waals surface area contributed by atoms with Crippen molar-refractivity contribution >= 4 is 38.5 Å².